The molecular weight excluding hydrogens is 360 g/mol. The molecule has 0 spiro atoms. The van der Waals surface area contributed by atoms with Gasteiger partial charge in [-0.05, 0) is 24.3 Å². The van der Waals surface area contributed by atoms with Crippen molar-refractivity contribution in [2.24, 2.45) is 0 Å². The number of hydrogen-bond acceptors (Lipinski definition) is 6. The summed E-state index contributed by atoms with van der Waals surface area (Å²) in [4.78, 5) is 23.7. The van der Waals surface area contributed by atoms with Gasteiger partial charge in [0.05, 0.1) is 0 Å². The van der Waals surface area contributed by atoms with Crippen LogP contribution in [0.2, 0.25) is 0 Å². The van der Waals surface area contributed by atoms with Gasteiger partial charge in [-0.15, -0.1) is 0 Å². The maximum absolute atomic E-state index is 11.9. The first-order valence-electron chi connectivity index (χ1n) is 8.62. The van der Waals surface area contributed by atoms with Crippen LogP contribution in [0.25, 0.3) is 22.5 Å². The van der Waals surface area contributed by atoms with E-state index in [1.165, 1.54) is 0 Å². The number of ether oxygens (including phenoxy) is 1. The van der Waals surface area contributed by atoms with Crippen LogP contribution in [-0.2, 0) is 16.1 Å². The Bertz CT molecular complexity index is 1080. The highest BCUT2D eigenvalue weighted by Gasteiger charge is 2.14. The number of benzene rings is 2. The van der Waals surface area contributed by atoms with E-state index in [2.05, 4.69) is 10.5 Å². The quantitative estimate of drug-likeness (QED) is 0.517. The van der Waals surface area contributed by atoms with Crippen molar-refractivity contribution in [3.05, 3.63) is 78.0 Å². The topological polar surface area (TPSA) is 94.6 Å². The summed E-state index contributed by atoms with van der Waals surface area (Å²) >= 11 is 0. The van der Waals surface area contributed by atoms with E-state index in [0.29, 0.717) is 22.8 Å². The largest absolute Gasteiger partial charge is 0.458 e. The predicted octanol–water partition coefficient (Wildman–Crippen LogP) is 3.56. The van der Waals surface area contributed by atoms with E-state index >= 15 is 0 Å². The van der Waals surface area contributed by atoms with Crippen LogP contribution in [0.5, 0.6) is 0 Å². The third kappa shape index (κ3) is 3.93. The summed E-state index contributed by atoms with van der Waals surface area (Å²) in [6.07, 6.45) is 0. The molecule has 2 aromatic carbocycles. The van der Waals surface area contributed by atoms with Gasteiger partial charge >= 0.3 is 5.97 Å². The van der Waals surface area contributed by atoms with E-state index in [4.69, 9.17) is 13.7 Å². The summed E-state index contributed by atoms with van der Waals surface area (Å²) in [6.45, 7) is -0.300. The lowest BCUT2D eigenvalue weighted by Gasteiger charge is -2.05. The number of amides is 1. The number of aromatic nitrogens is 1. The third-order valence-electron chi connectivity index (χ3n) is 4.04. The molecule has 1 amide bonds. The number of esters is 1. The lowest BCUT2D eigenvalue weighted by molar-refractivity contribution is -0.143. The second-order valence-electron chi connectivity index (χ2n) is 6.04. The standard InChI is InChI=1S/C21H16N2O5/c24-20(12-22-21(25)14-6-2-1-3-7-14)26-13-16-11-19(28-23-16)18-10-15-8-4-5-9-17(15)27-18/h1-11H,12-13H2,(H,22,25). The molecule has 4 rings (SSSR count). The van der Waals surface area contributed by atoms with Gasteiger partial charge in [0, 0.05) is 17.0 Å². The highest BCUT2D eigenvalue weighted by Crippen LogP contribution is 2.28. The summed E-state index contributed by atoms with van der Waals surface area (Å²) in [5.41, 5.74) is 1.66. The monoisotopic (exact) mass is 376 g/mol. The van der Waals surface area contributed by atoms with Gasteiger partial charge in [0.15, 0.2) is 5.76 Å². The van der Waals surface area contributed by atoms with E-state index in [-0.39, 0.29) is 19.1 Å². The van der Waals surface area contributed by atoms with Gasteiger partial charge in [-0.1, -0.05) is 41.6 Å². The van der Waals surface area contributed by atoms with Crippen LogP contribution in [0.4, 0.5) is 0 Å². The molecule has 140 valence electrons. The molecule has 0 saturated heterocycles. The molecule has 0 aliphatic carbocycles. The Kier molecular flexibility index (Phi) is 4.88. The Morgan fingerprint density at radius 2 is 1.75 bits per heavy atom. The van der Waals surface area contributed by atoms with Crippen molar-refractivity contribution in [1.82, 2.24) is 10.5 Å². The first-order chi connectivity index (χ1) is 13.7. The minimum absolute atomic E-state index is 0.0657. The van der Waals surface area contributed by atoms with E-state index in [1.54, 1.807) is 30.3 Å². The Hall–Kier alpha value is -3.87. The van der Waals surface area contributed by atoms with Gasteiger partial charge in [-0.25, -0.2) is 0 Å². The molecule has 0 unspecified atom stereocenters. The van der Waals surface area contributed by atoms with Crippen molar-refractivity contribution in [2.75, 3.05) is 6.54 Å². The van der Waals surface area contributed by atoms with Crippen molar-refractivity contribution >= 4 is 22.8 Å². The Morgan fingerprint density at radius 1 is 0.964 bits per heavy atom. The van der Waals surface area contributed by atoms with Crippen molar-refractivity contribution in [2.45, 2.75) is 6.61 Å². The summed E-state index contributed by atoms with van der Waals surface area (Å²) in [5.74, 6) is 0.0738. The zero-order valence-electron chi connectivity index (χ0n) is 14.8. The van der Waals surface area contributed by atoms with Crippen LogP contribution in [0, 0.1) is 0 Å². The van der Waals surface area contributed by atoms with E-state index in [1.807, 2.05) is 36.4 Å². The van der Waals surface area contributed by atoms with Crippen LogP contribution >= 0.6 is 0 Å². The van der Waals surface area contributed by atoms with Crippen LogP contribution in [0.1, 0.15) is 16.1 Å². The van der Waals surface area contributed by atoms with Crippen molar-refractivity contribution in [3.63, 3.8) is 0 Å². The van der Waals surface area contributed by atoms with Crippen LogP contribution in [0.15, 0.2) is 75.7 Å². The number of rotatable bonds is 6. The lowest BCUT2D eigenvalue weighted by Crippen LogP contribution is -2.30. The first-order valence-corrected chi connectivity index (χ1v) is 8.62. The molecule has 0 atom stereocenters. The summed E-state index contributed by atoms with van der Waals surface area (Å²) in [5, 5.41) is 7.34. The fraction of sp³-hybridized carbons (Fsp3) is 0.0952. The number of carbonyl (C=O) groups excluding carboxylic acids is 2. The molecule has 7 heteroatoms. The van der Waals surface area contributed by atoms with Gasteiger partial charge in [0.2, 0.25) is 5.76 Å². The van der Waals surface area contributed by atoms with Crippen LogP contribution < -0.4 is 5.32 Å². The van der Waals surface area contributed by atoms with Crippen LogP contribution in [-0.4, -0.2) is 23.6 Å². The molecule has 0 bridgehead atoms. The molecule has 1 N–H and O–H groups in total. The fourth-order valence-electron chi connectivity index (χ4n) is 2.65. The molecule has 7 nitrogen and oxygen atoms in total. The summed E-state index contributed by atoms with van der Waals surface area (Å²) < 4.78 is 16.1. The zero-order valence-corrected chi connectivity index (χ0v) is 14.8. The van der Waals surface area contributed by atoms with E-state index in [9.17, 15) is 9.59 Å². The minimum atomic E-state index is -0.572. The maximum Gasteiger partial charge on any atom is 0.325 e. The SMILES string of the molecule is O=C(CNC(=O)c1ccccc1)OCc1cc(-c2cc3ccccc3o2)on1. The highest BCUT2D eigenvalue weighted by atomic mass is 16.5. The molecule has 0 aliphatic rings. The maximum atomic E-state index is 11.9. The molecule has 28 heavy (non-hydrogen) atoms. The normalized spacial score (nSPS) is 10.7. The molecule has 2 heterocycles. The lowest BCUT2D eigenvalue weighted by atomic mass is 10.2. The van der Waals surface area contributed by atoms with Gasteiger partial charge < -0.3 is 19.0 Å². The second-order valence-corrected chi connectivity index (χ2v) is 6.04. The van der Waals surface area contributed by atoms with E-state index < -0.39 is 5.97 Å². The number of carbonyl (C=O) groups is 2. The smallest absolute Gasteiger partial charge is 0.325 e. The van der Waals surface area contributed by atoms with Gasteiger partial charge in [-0.3, -0.25) is 9.59 Å². The zero-order chi connectivity index (χ0) is 19.3. The van der Waals surface area contributed by atoms with Gasteiger partial charge in [0.25, 0.3) is 5.91 Å². The molecule has 0 fully saturated rings. The molecule has 0 radical (unpaired) electrons. The average molecular weight is 376 g/mol. The van der Waals surface area contributed by atoms with E-state index in [0.717, 1.165) is 11.0 Å². The van der Waals surface area contributed by atoms with Crippen LogP contribution in [0.3, 0.4) is 0 Å². The summed E-state index contributed by atoms with van der Waals surface area (Å²) in [7, 11) is 0. The fourth-order valence-corrected chi connectivity index (χ4v) is 2.65. The summed E-state index contributed by atoms with van der Waals surface area (Å²) in [6, 6.07) is 19.7. The van der Waals surface area contributed by atoms with Crippen molar-refractivity contribution < 1.29 is 23.3 Å². The van der Waals surface area contributed by atoms with Gasteiger partial charge in [-0.2, -0.15) is 0 Å². The number of nitrogens with zero attached hydrogens (tertiary/aromatic N) is 1. The Labute approximate surface area is 159 Å². The molecule has 0 saturated carbocycles. The molecular formula is C21H16N2O5. The minimum Gasteiger partial charge on any atom is -0.458 e. The van der Waals surface area contributed by atoms with Crippen molar-refractivity contribution in [3.8, 4) is 11.5 Å². The number of hydrogen-bond donors (Lipinski definition) is 1. The predicted molar refractivity (Wildman–Crippen MR) is 100 cm³/mol. The number of fused-ring (bicyclic) bond motifs is 1. The Morgan fingerprint density at radius 3 is 2.57 bits per heavy atom. The molecule has 0 aliphatic heterocycles. The highest BCUT2D eigenvalue weighted by molar-refractivity contribution is 5.95. The first kappa shape index (κ1) is 17.5. The second kappa shape index (κ2) is 7.79. The number of nitrogens with one attached hydrogen (secondary N) is 1. The average Bonchev–Trinajstić information content (AvgIpc) is 3.37. The Balaban J connectivity index is 1.30. The third-order valence-corrected chi connectivity index (χ3v) is 4.04. The molecule has 4 aromatic rings. The number of para-hydroxylation sites is 1. The number of furan rings is 1. The molecule has 2 aromatic heterocycles. The van der Waals surface area contributed by atoms with Crippen molar-refractivity contribution in [1.29, 1.82) is 0 Å². The van der Waals surface area contributed by atoms with Gasteiger partial charge in [0.1, 0.15) is 24.4 Å².